The highest BCUT2D eigenvalue weighted by molar-refractivity contribution is 9.10. The Morgan fingerprint density at radius 1 is 1.29 bits per heavy atom. The fourth-order valence-electron chi connectivity index (χ4n) is 2.94. The molecule has 0 amide bonds. The lowest BCUT2D eigenvalue weighted by atomic mass is 10.2. The van der Waals surface area contributed by atoms with Crippen molar-refractivity contribution in [3.63, 3.8) is 0 Å². The third-order valence-corrected chi connectivity index (χ3v) is 5.96. The summed E-state index contributed by atoms with van der Waals surface area (Å²) >= 11 is 5.22. The summed E-state index contributed by atoms with van der Waals surface area (Å²) in [5.74, 6) is 0. The predicted molar refractivity (Wildman–Crippen MR) is 89.1 cm³/mol. The van der Waals surface area contributed by atoms with Crippen molar-refractivity contribution >= 4 is 37.5 Å². The van der Waals surface area contributed by atoms with E-state index in [0.29, 0.717) is 6.54 Å². The van der Waals surface area contributed by atoms with Crippen LogP contribution < -0.4 is 5.56 Å². The van der Waals surface area contributed by atoms with Gasteiger partial charge in [0, 0.05) is 9.35 Å². The number of hydrogen-bond donors (Lipinski definition) is 0. The molecule has 0 bridgehead atoms. The zero-order chi connectivity index (χ0) is 14.4. The van der Waals surface area contributed by atoms with Crippen LogP contribution in [0.2, 0.25) is 0 Å². The summed E-state index contributed by atoms with van der Waals surface area (Å²) in [5, 5.41) is 0.849. The molecule has 3 nitrogen and oxygen atoms in total. The third kappa shape index (κ3) is 2.15. The normalized spacial score (nSPS) is 13.8. The molecule has 21 heavy (non-hydrogen) atoms. The van der Waals surface area contributed by atoms with Crippen molar-refractivity contribution in [3.05, 3.63) is 61.4 Å². The van der Waals surface area contributed by atoms with Crippen molar-refractivity contribution in [2.24, 2.45) is 0 Å². The van der Waals surface area contributed by atoms with E-state index in [1.54, 1.807) is 22.2 Å². The van der Waals surface area contributed by atoms with Crippen molar-refractivity contribution in [2.45, 2.75) is 25.8 Å². The molecule has 106 valence electrons. The number of hydrogen-bond acceptors (Lipinski definition) is 3. The topological polar surface area (TPSA) is 34.9 Å². The Balaban J connectivity index is 1.85. The highest BCUT2D eigenvalue weighted by Crippen LogP contribution is 2.34. The van der Waals surface area contributed by atoms with Crippen molar-refractivity contribution in [1.82, 2.24) is 9.55 Å². The van der Waals surface area contributed by atoms with Crippen LogP contribution in [-0.4, -0.2) is 9.55 Å². The van der Waals surface area contributed by atoms with Crippen molar-refractivity contribution in [3.8, 4) is 0 Å². The second-order valence-electron chi connectivity index (χ2n) is 5.31. The number of halogens is 1. The Bertz CT molecular complexity index is 897. The number of nitrogens with zero attached hydrogens (tertiary/aromatic N) is 2. The van der Waals surface area contributed by atoms with E-state index in [1.807, 2.05) is 24.3 Å². The van der Waals surface area contributed by atoms with E-state index in [9.17, 15) is 4.79 Å². The van der Waals surface area contributed by atoms with Gasteiger partial charge in [0.1, 0.15) is 4.83 Å². The summed E-state index contributed by atoms with van der Waals surface area (Å²) in [6.45, 7) is 0.549. The number of thiophene rings is 1. The average Bonchev–Trinajstić information content (AvgIpc) is 3.04. The lowest BCUT2D eigenvalue weighted by Crippen LogP contribution is -2.21. The molecule has 0 unspecified atom stereocenters. The lowest BCUT2D eigenvalue weighted by molar-refractivity contribution is 0.746. The number of fused-ring (bicyclic) bond motifs is 3. The molecule has 2 aromatic heterocycles. The molecule has 4 rings (SSSR count). The molecule has 1 aliphatic carbocycles. The van der Waals surface area contributed by atoms with E-state index in [1.165, 1.54) is 10.4 Å². The molecule has 2 heterocycles. The average molecular weight is 361 g/mol. The highest BCUT2D eigenvalue weighted by atomic mass is 79.9. The van der Waals surface area contributed by atoms with Gasteiger partial charge in [-0.15, -0.1) is 11.3 Å². The van der Waals surface area contributed by atoms with Gasteiger partial charge in [0.05, 0.1) is 18.3 Å². The van der Waals surface area contributed by atoms with Crippen LogP contribution in [0.1, 0.15) is 22.4 Å². The van der Waals surface area contributed by atoms with Crippen LogP contribution >= 0.6 is 27.3 Å². The summed E-state index contributed by atoms with van der Waals surface area (Å²) in [5.41, 5.74) is 2.43. The SMILES string of the molecule is O=c1c2c3c(sc2ncn1Cc1ccccc1Br)CCC3. The Morgan fingerprint density at radius 2 is 2.14 bits per heavy atom. The van der Waals surface area contributed by atoms with E-state index < -0.39 is 0 Å². The molecule has 0 saturated carbocycles. The maximum Gasteiger partial charge on any atom is 0.262 e. The van der Waals surface area contributed by atoms with Gasteiger partial charge in [-0.05, 0) is 36.5 Å². The van der Waals surface area contributed by atoms with E-state index in [2.05, 4.69) is 20.9 Å². The number of rotatable bonds is 2. The van der Waals surface area contributed by atoms with Crippen LogP contribution in [0.15, 0.2) is 39.9 Å². The van der Waals surface area contributed by atoms with Gasteiger partial charge in [0.15, 0.2) is 0 Å². The van der Waals surface area contributed by atoms with Crippen LogP contribution in [-0.2, 0) is 19.4 Å². The van der Waals surface area contributed by atoms with Gasteiger partial charge in [-0.1, -0.05) is 34.1 Å². The number of aryl methyl sites for hydroxylation is 2. The number of aromatic nitrogens is 2. The van der Waals surface area contributed by atoms with E-state index in [-0.39, 0.29) is 5.56 Å². The summed E-state index contributed by atoms with van der Waals surface area (Å²) in [7, 11) is 0. The molecule has 0 spiro atoms. The first kappa shape index (κ1) is 13.2. The van der Waals surface area contributed by atoms with Gasteiger partial charge >= 0.3 is 0 Å². The fraction of sp³-hybridized carbons (Fsp3) is 0.250. The second kappa shape index (κ2) is 5.07. The van der Waals surface area contributed by atoms with E-state index in [4.69, 9.17) is 0 Å². The van der Waals surface area contributed by atoms with Crippen molar-refractivity contribution in [1.29, 1.82) is 0 Å². The van der Waals surface area contributed by atoms with Gasteiger partial charge in [-0.2, -0.15) is 0 Å². The van der Waals surface area contributed by atoms with Gasteiger partial charge in [-0.3, -0.25) is 9.36 Å². The van der Waals surface area contributed by atoms with E-state index in [0.717, 1.165) is 39.5 Å². The Labute approximate surface area is 134 Å². The molecular formula is C16H13BrN2OS. The second-order valence-corrected chi connectivity index (χ2v) is 7.24. The van der Waals surface area contributed by atoms with E-state index >= 15 is 0 Å². The molecule has 0 N–H and O–H groups in total. The van der Waals surface area contributed by atoms with Gasteiger partial charge < -0.3 is 0 Å². The first-order valence-electron chi connectivity index (χ1n) is 6.97. The Hall–Kier alpha value is -1.46. The Morgan fingerprint density at radius 3 is 3.00 bits per heavy atom. The minimum Gasteiger partial charge on any atom is -0.294 e. The summed E-state index contributed by atoms with van der Waals surface area (Å²) in [4.78, 5) is 19.5. The summed E-state index contributed by atoms with van der Waals surface area (Å²) in [6, 6.07) is 7.98. The zero-order valence-corrected chi connectivity index (χ0v) is 13.7. The quantitative estimate of drug-likeness (QED) is 0.697. The van der Waals surface area contributed by atoms with Crippen LogP contribution in [0.5, 0.6) is 0 Å². The summed E-state index contributed by atoms with van der Waals surface area (Å²) in [6.07, 6.45) is 4.96. The fourth-order valence-corrected chi connectivity index (χ4v) is 4.57. The summed E-state index contributed by atoms with van der Waals surface area (Å²) < 4.78 is 2.74. The van der Waals surface area contributed by atoms with Gasteiger partial charge in [0.2, 0.25) is 0 Å². The van der Waals surface area contributed by atoms with Crippen LogP contribution in [0.25, 0.3) is 10.2 Å². The van der Waals surface area contributed by atoms with Crippen molar-refractivity contribution in [2.75, 3.05) is 0 Å². The molecule has 3 aromatic rings. The number of benzene rings is 1. The van der Waals surface area contributed by atoms with Gasteiger partial charge in [-0.25, -0.2) is 4.98 Å². The lowest BCUT2D eigenvalue weighted by Gasteiger charge is -2.07. The Kier molecular flexibility index (Phi) is 3.19. The molecule has 0 saturated heterocycles. The molecule has 1 aromatic carbocycles. The molecule has 0 atom stereocenters. The molecule has 0 radical (unpaired) electrons. The van der Waals surface area contributed by atoms with Gasteiger partial charge in [0.25, 0.3) is 5.56 Å². The highest BCUT2D eigenvalue weighted by Gasteiger charge is 2.21. The molecule has 0 fully saturated rings. The maximum atomic E-state index is 12.8. The monoisotopic (exact) mass is 360 g/mol. The smallest absolute Gasteiger partial charge is 0.262 e. The minimum absolute atomic E-state index is 0.0927. The minimum atomic E-state index is 0.0927. The van der Waals surface area contributed by atoms with Crippen LogP contribution in [0.4, 0.5) is 0 Å². The first-order valence-corrected chi connectivity index (χ1v) is 8.58. The molecule has 5 heteroatoms. The largest absolute Gasteiger partial charge is 0.294 e. The zero-order valence-electron chi connectivity index (χ0n) is 11.3. The van der Waals surface area contributed by atoms with Crippen molar-refractivity contribution < 1.29 is 0 Å². The van der Waals surface area contributed by atoms with Crippen LogP contribution in [0.3, 0.4) is 0 Å². The third-order valence-electron chi connectivity index (χ3n) is 3.99. The van der Waals surface area contributed by atoms with Crippen LogP contribution in [0, 0.1) is 0 Å². The standard InChI is InChI=1S/C16H13BrN2OS/c17-12-6-2-1-4-10(12)8-19-9-18-15-14(16(19)20)11-5-3-7-13(11)21-15/h1-2,4,6,9H,3,5,7-8H2. The maximum absolute atomic E-state index is 12.8. The molecular weight excluding hydrogens is 348 g/mol. The first-order chi connectivity index (χ1) is 10.2. The molecule has 1 aliphatic rings. The molecule has 0 aliphatic heterocycles. The predicted octanol–water partition coefficient (Wildman–Crippen LogP) is 3.76.